The lowest BCUT2D eigenvalue weighted by Gasteiger charge is -2.17. The van der Waals surface area contributed by atoms with Gasteiger partial charge < -0.3 is 4.74 Å². The molecule has 2 aromatic carbocycles. The highest BCUT2D eigenvalue weighted by molar-refractivity contribution is 5.71. The van der Waals surface area contributed by atoms with E-state index in [-0.39, 0.29) is 12.5 Å². The molecular weight excluding hydrogens is 348 g/mol. The van der Waals surface area contributed by atoms with Crippen LogP contribution in [0.1, 0.15) is 57.6 Å². The second kappa shape index (κ2) is 8.01. The maximum absolute atomic E-state index is 12.8. The topological polar surface area (TPSA) is 44.1 Å². The van der Waals surface area contributed by atoms with E-state index in [0.717, 1.165) is 11.1 Å². The lowest BCUT2D eigenvalue weighted by molar-refractivity contribution is 0.140. The van der Waals surface area contributed by atoms with Crippen LogP contribution >= 0.6 is 0 Å². The SMILES string of the molecule is Cc1cc(C)c(COC(=O)n2ccnc2[C@@H](C)c2cccc(C)c2C)cc1C. The van der Waals surface area contributed by atoms with E-state index in [9.17, 15) is 4.79 Å². The number of carbonyl (C=O) groups excluding carboxylic acids is 1. The minimum atomic E-state index is -0.401. The normalized spacial score (nSPS) is 12.1. The number of benzene rings is 2. The van der Waals surface area contributed by atoms with Gasteiger partial charge in [0.05, 0.1) is 0 Å². The number of ether oxygens (including phenoxy) is 1. The fourth-order valence-electron chi connectivity index (χ4n) is 3.56. The molecule has 3 aromatic rings. The van der Waals surface area contributed by atoms with Crippen LogP contribution in [0, 0.1) is 34.6 Å². The molecule has 0 aliphatic heterocycles. The van der Waals surface area contributed by atoms with E-state index < -0.39 is 6.09 Å². The highest BCUT2D eigenvalue weighted by atomic mass is 16.5. The minimum Gasteiger partial charge on any atom is -0.444 e. The average molecular weight is 377 g/mol. The molecule has 1 aromatic heterocycles. The van der Waals surface area contributed by atoms with Crippen molar-refractivity contribution in [1.29, 1.82) is 0 Å². The van der Waals surface area contributed by atoms with Crippen LogP contribution in [0.2, 0.25) is 0 Å². The van der Waals surface area contributed by atoms with Crippen molar-refractivity contribution >= 4 is 6.09 Å². The highest BCUT2D eigenvalue weighted by Gasteiger charge is 2.21. The molecule has 146 valence electrons. The Bertz CT molecular complexity index is 1020. The van der Waals surface area contributed by atoms with Crippen LogP contribution in [0.25, 0.3) is 0 Å². The molecule has 0 unspecified atom stereocenters. The zero-order valence-corrected chi connectivity index (χ0v) is 17.5. The van der Waals surface area contributed by atoms with Crippen LogP contribution < -0.4 is 0 Å². The van der Waals surface area contributed by atoms with Crippen molar-refractivity contribution in [2.75, 3.05) is 0 Å². The van der Waals surface area contributed by atoms with Crippen LogP contribution in [0.4, 0.5) is 4.79 Å². The fourth-order valence-corrected chi connectivity index (χ4v) is 3.56. The minimum absolute atomic E-state index is 0.00851. The van der Waals surface area contributed by atoms with E-state index in [1.54, 1.807) is 12.4 Å². The molecule has 0 saturated heterocycles. The Morgan fingerprint density at radius 3 is 2.50 bits per heavy atom. The maximum atomic E-state index is 12.8. The Morgan fingerprint density at radius 1 is 1.04 bits per heavy atom. The Kier molecular flexibility index (Phi) is 5.68. The summed E-state index contributed by atoms with van der Waals surface area (Å²) in [6, 6.07) is 10.4. The molecule has 4 nitrogen and oxygen atoms in total. The number of hydrogen-bond donors (Lipinski definition) is 0. The summed E-state index contributed by atoms with van der Waals surface area (Å²) in [5, 5.41) is 0. The van der Waals surface area contributed by atoms with E-state index in [0.29, 0.717) is 5.82 Å². The molecule has 0 aliphatic carbocycles. The van der Waals surface area contributed by atoms with Gasteiger partial charge in [-0.2, -0.15) is 0 Å². The number of imidazole rings is 1. The number of aryl methyl sites for hydroxylation is 4. The third kappa shape index (κ3) is 3.86. The predicted molar refractivity (Wildman–Crippen MR) is 112 cm³/mol. The van der Waals surface area contributed by atoms with Crippen molar-refractivity contribution < 1.29 is 9.53 Å². The van der Waals surface area contributed by atoms with Gasteiger partial charge in [-0.05, 0) is 73.6 Å². The summed E-state index contributed by atoms with van der Waals surface area (Å²) in [7, 11) is 0. The second-order valence-corrected chi connectivity index (χ2v) is 7.58. The summed E-state index contributed by atoms with van der Waals surface area (Å²) < 4.78 is 7.13. The summed E-state index contributed by atoms with van der Waals surface area (Å²) in [5.41, 5.74) is 8.23. The first-order chi connectivity index (χ1) is 13.3. The quantitative estimate of drug-likeness (QED) is 0.581. The molecule has 0 aliphatic rings. The highest BCUT2D eigenvalue weighted by Crippen LogP contribution is 2.27. The zero-order valence-electron chi connectivity index (χ0n) is 17.5. The van der Waals surface area contributed by atoms with Gasteiger partial charge in [0.25, 0.3) is 0 Å². The van der Waals surface area contributed by atoms with Gasteiger partial charge in [0, 0.05) is 18.3 Å². The van der Waals surface area contributed by atoms with Crippen molar-refractivity contribution in [2.45, 2.75) is 54.1 Å². The first-order valence-electron chi connectivity index (χ1n) is 9.62. The van der Waals surface area contributed by atoms with Crippen molar-refractivity contribution in [3.05, 3.63) is 87.5 Å². The molecule has 28 heavy (non-hydrogen) atoms. The largest absolute Gasteiger partial charge is 0.444 e. The number of nitrogens with zero attached hydrogens (tertiary/aromatic N) is 2. The standard InChI is InChI=1S/C24H28N2O2/c1-15-8-7-9-22(19(15)5)20(6)23-25-10-11-26(23)24(27)28-14-21-13-17(3)16(2)12-18(21)4/h7-13,20H,14H2,1-6H3/t20-/m0/s1. The van der Waals surface area contributed by atoms with Gasteiger partial charge in [0.2, 0.25) is 0 Å². The Labute approximate surface area is 167 Å². The Balaban J connectivity index is 1.80. The lowest BCUT2D eigenvalue weighted by atomic mass is 9.93. The maximum Gasteiger partial charge on any atom is 0.419 e. The van der Waals surface area contributed by atoms with Gasteiger partial charge in [0.15, 0.2) is 0 Å². The van der Waals surface area contributed by atoms with Gasteiger partial charge in [-0.15, -0.1) is 0 Å². The molecular formula is C24H28N2O2. The average Bonchev–Trinajstić information content (AvgIpc) is 3.15. The number of aromatic nitrogens is 2. The van der Waals surface area contributed by atoms with Crippen LogP contribution in [0.3, 0.4) is 0 Å². The van der Waals surface area contributed by atoms with Crippen LogP contribution in [-0.4, -0.2) is 15.6 Å². The number of rotatable bonds is 4. The van der Waals surface area contributed by atoms with Crippen molar-refractivity contribution in [3.8, 4) is 0 Å². The van der Waals surface area contributed by atoms with Crippen molar-refractivity contribution in [3.63, 3.8) is 0 Å². The van der Waals surface area contributed by atoms with Crippen molar-refractivity contribution in [1.82, 2.24) is 9.55 Å². The molecule has 4 heteroatoms. The first-order valence-corrected chi connectivity index (χ1v) is 9.62. The Hall–Kier alpha value is -2.88. The van der Waals surface area contributed by atoms with Crippen LogP contribution in [0.5, 0.6) is 0 Å². The molecule has 0 bridgehead atoms. The molecule has 0 fully saturated rings. The molecule has 0 saturated carbocycles. The molecule has 3 rings (SSSR count). The summed E-state index contributed by atoms with van der Waals surface area (Å²) in [5.74, 6) is 0.682. The summed E-state index contributed by atoms with van der Waals surface area (Å²) in [6.07, 6.45) is 2.92. The van der Waals surface area contributed by atoms with E-state index >= 15 is 0 Å². The monoisotopic (exact) mass is 376 g/mol. The lowest BCUT2D eigenvalue weighted by Crippen LogP contribution is -2.18. The first kappa shape index (κ1) is 19.9. The fraction of sp³-hybridized carbons (Fsp3) is 0.333. The molecule has 0 amide bonds. The number of hydrogen-bond acceptors (Lipinski definition) is 3. The van der Waals surface area contributed by atoms with Gasteiger partial charge in [0.1, 0.15) is 12.4 Å². The van der Waals surface area contributed by atoms with Crippen molar-refractivity contribution in [2.24, 2.45) is 0 Å². The molecule has 0 radical (unpaired) electrons. The second-order valence-electron chi connectivity index (χ2n) is 7.58. The van der Waals surface area contributed by atoms with Gasteiger partial charge in [-0.25, -0.2) is 14.3 Å². The van der Waals surface area contributed by atoms with E-state index in [4.69, 9.17) is 4.74 Å². The molecule has 0 N–H and O–H groups in total. The Morgan fingerprint density at radius 2 is 1.75 bits per heavy atom. The summed E-state index contributed by atoms with van der Waals surface area (Å²) in [4.78, 5) is 17.2. The van der Waals surface area contributed by atoms with Gasteiger partial charge in [-0.1, -0.05) is 37.3 Å². The predicted octanol–water partition coefficient (Wildman–Crippen LogP) is 5.76. The number of carbonyl (C=O) groups is 1. The third-order valence-electron chi connectivity index (χ3n) is 5.67. The van der Waals surface area contributed by atoms with Gasteiger partial charge in [-0.3, -0.25) is 0 Å². The molecule has 0 spiro atoms. The van der Waals surface area contributed by atoms with Crippen LogP contribution in [0.15, 0.2) is 42.7 Å². The van der Waals surface area contributed by atoms with Gasteiger partial charge >= 0.3 is 6.09 Å². The van der Waals surface area contributed by atoms with E-state index in [1.165, 1.54) is 32.4 Å². The van der Waals surface area contributed by atoms with Crippen LogP contribution in [-0.2, 0) is 11.3 Å². The third-order valence-corrected chi connectivity index (χ3v) is 5.67. The smallest absolute Gasteiger partial charge is 0.419 e. The summed E-state index contributed by atoms with van der Waals surface area (Å²) in [6.45, 7) is 12.7. The zero-order chi connectivity index (χ0) is 20.4. The summed E-state index contributed by atoms with van der Waals surface area (Å²) >= 11 is 0. The van der Waals surface area contributed by atoms with E-state index in [1.807, 2.05) is 13.0 Å². The van der Waals surface area contributed by atoms with E-state index in [2.05, 4.69) is 63.9 Å². The molecule has 1 atom stereocenters. The molecule has 1 heterocycles.